The van der Waals surface area contributed by atoms with Crippen molar-refractivity contribution in [1.82, 2.24) is 20.2 Å². The first-order chi connectivity index (χ1) is 10.7. The van der Waals surface area contributed by atoms with E-state index in [1.807, 2.05) is 25.1 Å². The molecule has 0 spiro atoms. The topological polar surface area (TPSA) is 59.0 Å². The van der Waals surface area contributed by atoms with Crippen molar-refractivity contribution in [2.75, 3.05) is 6.54 Å². The van der Waals surface area contributed by atoms with Crippen LogP contribution < -0.4 is 10.6 Å². The average Bonchev–Trinajstić information content (AvgIpc) is 2.84. The van der Waals surface area contributed by atoms with E-state index in [0.717, 1.165) is 36.2 Å². The highest BCUT2D eigenvalue weighted by molar-refractivity contribution is 5.76. The van der Waals surface area contributed by atoms with E-state index in [1.165, 1.54) is 19.3 Å². The summed E-state index contributed by atoms with van der Waals surface area (Å²) in [6.07, 6.45) is 5.97. The van der Waals surface area contributed by atoms with Gasteiger partial charge in [-0.15, -0.1) is 0 Å². The summed E-state index contributed by atoms with van der Waals surface area (Å²) in [5.41, 5.74) is 2.13. The lowest BCUT2D eigenvalue weighted by atomic mass is 9.96. The second-order valence-corrected chi connectivity index (χ2v) is 6.03. The Bertz CT molecular complexity index is 643. The molecule has 1 aliphatic carbocycles. The molecular weight excluding hydrogens is 276 g/mol. The van der Waals surface area contributed by atoms with Crippen molar-refractivity contribution >= 4 is 17.1 Å². The third-order valence-corrected chi connectivity index (χ3v) is 4.41. The van der Waals surface area contributed by atoms with Crippen LogP contribution in [-0.2, 0) is 6.54 Å². The second-order valence-electron chi connectivity index (χ2n) is 6.03. The lowest BCUT2D eigenvalue weighted by Crippen LogP contribution is -2.43. The molecule has 1 aliphatic rings. The quantitative estimate of drug-likeness (QED) is 0.912. The van der Waals surface area contributed by atoms with Gasteiger partial charge >= 0.3 is 6.03 Å². The summed E-state index contributed by atoms with van der Waals surface area (Å²) in [5.74, 6) is 0.982. The highest BCUT2D eigenvalue weighted by Gasteiger charge is 2.15. The van der Waals surface area contributed by atoms with Gasteiger partial charge in [-0.05, 0) is 31.9 Å². The summed E-state index contributed by atoms with van der Waals surface area (Å²) in [4.78, 5) is 16.5. The molecule has 118 valence electrons. The molecule has 2 aromatic rings. The maximum absolute atomic E-state index is 11.9. The van der Waals surface area contributed by atoms with Crippen LogP contribution in [0.1, 0.15) is 37.9 Å². The van der Waals surface area contributed by atoms with Gasteiger partial charge in [0, 0.05) is 19.1 Å². The Kier molecular flexibility index (Phi) is 4.61. The molecule has 0 atom stereocenters. The minimum Gasteiger partial charge on any atom is -0.336 e. The molecule has 1 fully saturated rings. The highest BCUT2D eigenvalue weighted by atomic mass is 16.2. The molecule has 0 radical (unpaired) electrons. The Morgan fingerprint density at radius 3 is 2.86 bits per heavy atom. The Labute approximate surface area is 131 Å². The van der Waals surface area contributed by atoms with E-state index in [9.17, 15) is 4.79 Å². The average molecular weight is 300 g/mol. The number of hydrogen-bond donors (Lipinski definition) is 2. The van der Waals surface area contributed by atoms with E-state index in [1.54, 1.807) is 0 Å². The predicted octanol–water partition coefficient (Wildman–Crippen LogP) is 2.98. The first-order valence-corrected chi connectivity index (χ1v) is 8.20. The highest BCUT2D eigenvalue weighted by Crippen LogP contribution is 2.17. The Morgan fingerprint density at radius 2 is 2.05 bits per heavy atom. The minimum absolute atomic E-state index is 0.0472. The maximum Gasteiger partial charge on any atom is 0.315 e. The van der Waals surface area contributed by atoms with Gasteiger partial charge in [0.1, 0.15) is 5.82 Å². The van der Waals surface area contributed by atoms with E-state index in [4.69, 9.17) is 0 Å². The van der Waals surface area contributed by atoms with Crippen LogP contribution in [0, 0.1) is 6.92 Å². The smallest absolute Gasteiger partial charge is 0.315 e. The lowest BCUT2D eigenvalue weighted by molar-refractivity contribution is 0.232. The van der Waals surface area contributed by atoms with Gasteiger partial charge in [-0.1, -0.05) is 31.4 Å². The summed E-state index contributed by atoms with van der Waals surface area (Å²) in [6.45, 7) is 3.35. The van der Waals surface area contributed by atoms with E-state index in [-0.39, 0.29) is 6.03 Å². The van der Waals surface area contributed by atoms with Crippen LogP contribution in [0.15, 0.2) is 24.3 Å². The van der Waals surface area contributed by atoms with Gasteiger partial charge in [0.2, 0.25) is 0 Å². The zero-order chi connectivity index (χ0) is 15.4. The zero-order valence-electron chi connectivity index (χ0n) is 13.1. The predicted molar refractivity (Wildman–Crippen MR) is 87.9 cm³/mol. The third kappa shape index (κ3) is 3.40. The molecule has 22 heavy (non-hydrogen) atoms. The molecule has 2 N–H and O–H groups in total. The van der Waals surface area contributed by atoms with E-state index < -0.39 is 0 Å². The Balaban J connectivity index is 1.51. The standard InChI is InChI=1S/C17H24N4O/c1-13-19-15-9-5-6-10-16(15)21(13)12-11-18-17(22)20-14-7-3-2-4-8-14/h5-6,9-10,14H,2-4,7-8,11-12H2,1H3,(H2,18,20,22). The summed E-state index contributed by atoms with van der Waals surface area (Å²) in [7, 11) is 0. The van der Waals surface area contributed by atoms with Crippen LogP contribution in [0.25, 0.3) is 11.0 Å². The van der Waals surface area contributed by atoms with Crippen molar-refractivity contribution in [3.05, 3.63) is 30.1 Å². The van der Waals surface area contributed by atoms with Crippen molar-refractivity contribution in [1.29, 1.82) is 0 Å². The molecule has 2 amide bonds. The molecule has 1 saturated carbocycles. The number of nitrogens with one attached hydrogen (secondary N) is 2. The van der Waals surface area contributed by atoms with Crippen LogP contribution >= 0.6 is 0 Å². The molecular formula is C17H24N4O. The summed E-state index contributed by atoms with van der Waals surface area (Å²) in [6, 6.07) is 8.40. The SMILES string of the molecule is Cc1nc2ccccc2n1CCNC(=O)NC1CCCCC1. The molecule has 0 bridgehead atoms. The number of aromatic nitrogens is 2. The van der Waals surface area contributed by atoms with Gasteiger partial charge in [-0.3, -0.25) is 0 Å². The number of benzene rings is 1. The number of amides is 2. The molecule has 1 heterocycles. The van der Waals surface area contributed by atoms with Crippen molar-refractivity contribution in [2.24, 2.45) is 0 Å². The molecule has 5 heteroatoms. The van der Waals surface area contributed by atoms with Crippen LogP contribution in [0.4, 0.5) is 4.79 Å². The number of nitrogens with zero attached hydrogens (tertiary/aromatic N) is 2. The first-order valence-electron chi connectivity index (χ1n) is 8.20. The number of imidazole rings is 1. The largest absolute Gasteiger partial charge is 0.336 e. The number of para-hydroxylation sites is 2. The number of aryl methyl sites for hydroxylation is 1. The molecule has 0 saturated heterocycles. The number of fused-ring (bicyclic) bond motifs is 1. The van der Waals surface area contributed by atoms with Crippen LogP contribution in [0.3, 0.4) is 0 Å². The van der Waals surface area contributed by atoms with E-state index in [2.05, 4.69) is 26.3 Å². The monoisotopic (exact) mass is 300 g/mol. The first kappa shape index (κ1) is 14.9. The fourth-order valence-electron chi connectivity index (χ4n) is 3.24. The number of carbonyl (C=O) groups is 1. The van der Waals surface area contributed by atoms with E-state index in [0.29, 0.717) is 12.6 Å². The van der Waals surface area contributed by atoms with Gasteiger partial charge in [0.25, 0.3) is 0 Å². The summed E-state index contributed by atoms with van der Waals surface area (Å²) < 4.78 is 2.15. The fourth-order valence-corrected chi connectivity index (χ4v) is 3.24. The van der Waals surface area contributed by atoms with Crippen molar-refractivity contribution < 1.29 is 4.79 Å². The van der Waals surface area contributed by atoms with Crippen molar-refractivity contribution in [2.45, 2.75) is 51.6 Å². The zero-order valence-corrected chi connectivity index (χ0v) is 13.1. The Morgan fingerprint density at radius 1 is 1.27 bits per heavy atom. The molecule has 0 unspecified atom stereocenters. The number of rotatable bonds is 4. The minimum atomic E-state index is -0.0472. The molecule has 0 aliphatic heterocycles. The van der Waals surface area contributed by atoms with Crippen LogP contribution in [0.2, 0.25) is 0 Å². The third-order valence-electron chi connectivity index (χ3n) is 4.41. The fraction of sp³-hybridized carbons (Fsp3) is 0.529. The van der Waals surface area contributed by atoms with Gasteiger partial charge in [-0.25, -0.2) is 9.78 Å². The molecule has 1 aromatic carbocycles. The van der Waals surface area contributed by atoms with E-state index >= 15 is 0 Å². The summed E-state index contributed by atoms with van der Waals surface area (Å²) >= 11 is 0. The van der Waals surface area contributed by atoms with Crippen molar-refractivity contribution in [3.8, 4) is 0 Å². The second kappa shape index (κ2) is 6.81. The van der Waals surface area contributed by atoms with Crippen LogP contribution in [0.5, 0.6) is 0 Å². The number of carbonyl (C=O) groups excluding carboxylic acids is 1. The number of hydrogen-bond acceptors (Lipinski definition) is 2. The lowest BCUT2D eigenvalue weighted by Gasteiger charge is -2.22. The van der Waals surface area contributed by atoms with Gasteiger partial charge in [0.15, 0.2) is 0 Å². The normalized spacial score (nSPS) is 15.9. The van der Waals surface area contributed by atoms with Gasteiger partial charge in [-0.2, -0.15) is 0 Å². The number of urea groups is 1. The molecule has 5 nitrogen and oxygen atoms in total. The van der Waals surface area contributed by atoms with Crippen molar-refractivity contribution in [3.63, 3.8) is 0 Å². The maximum atomic E-state index is 11.9. The van der Waals surface area contributed by atoms with Gasteiger partial charge in [0.05, 0.1) is 11.0 Å². The molecule has 3 rings (SSSR count). The molecule has 1 aromatic heterocycles. The summed E-state index contributed by atoms with van der Waals surface area (Å²) in [5, 5.41) is 6.04. The van der Waals surface area contributed by atoms with Crippen LogP contribution in [-0.4, -0.2) is 28.2 Å². The Hall–Kier alpha value is -2.04. The van der Waals surface area contributed by atoms with Gasteiger partial charge < -0.3 is 15.2 Å².